The Kier molecular flexibility index (Phi) is 8.09. The van der Waals surface area contributed by atoms with E-state index < -0.39 is 89.9 Å². The third kappa shape index (κ3) is 9.38. The molecule has 344 valence electrons. The number of hydrogen-bond donors (Lipinski definition) is 1. The molecule has 67 heavy (non-hydrogen) atoms. The number of imidazole rings is 1. The highest BCUT2D eigenvalue weighted by Crippen LogP contribution is 2.46. The molecule has 0 fully saturated rings. The first kappa shape index (κ1) is 31.7. The summed E-state index contributed by atoms with van der Waals surface area (Å²) in [7, 11) is 0. The van der Waals surface area contributed by atoms with Gasteiger partial charge in [0, 0.05) is 40.8 Å². The normalized spacial score (nSPS) is 16.6. The smallest absolute Gasteiger partial charge is 0.149 e. The molecule has 8 aromatic rings. The minimum absolute atomic E-state index is 0.0984. The molecule has 6 aromatic carbocycles. The number of rotatable bonds is 8. The summed E-state index contributed by atoms with van der Waals surface area (Å²) in [5.41, 5.74) is 2.31. The van der Waals surface area contributed by atoms with Crippen LogP contribution in [0.2, 0.25) is 0 Å². The second kappa shape index (κ2) is 17.1. The molecule has 0 aliphatic carbocycles. The Hall–Kier alpha value is -6.26. The van der Waals surface area contributed by atoms with E-state index in [4.69, 9.17) is 22.8 Å². The summed E-state index contributed by atoms with van der Waals surface area (Å²) in [6.45, 7) is 13.8. The van der Waals surface area contributed by atoms with E-state index in [2.05, 4.69) is 108 Å². The van der Waals surface area contributed by atoms with Gasteiger partial charge in [-0.2, -0.15) is 0 Å². The largest absolute Gasteiger partial charge is 0.507 e. The van der Waals surface area contributed by atoms with Crippen LogP contribution in [-0.2, 0) is 27.1 Å². The molecule has 0 radical (unpaired) electrons. The van der Waals surface area contributed by atoms with E-state index in [0.29, 0.717) is 39.1 Å². The number of aromatic nitrogens is 3. The summed E-state index contributed by atoms with van der Waals surface area (Å²) in [6.07, 6.45) is 0.248. The van der Waals surface area contributed by atoms with Crippen molar-refractivity contribution in [2.75, 3.05) is 0 Å². The minimum Gasteiger partial charge on any atom is -0.507 e. The monoisotopic (exact) mass is 901 g/mol. The van der Waals surface area contributed by atoms with Crippen LogP contribution < -0.4 is 0 Å². The third-order valence-electron chi connectivity index (χ3n) is 13.0. The Morgan fingerprint density at radius 3 is 1.91 bits per heavy atom. The van der Waals surface area contributed by atoms with Gasteiger partial charge in [-0.05, 0) is 126 Å². The Labute approximate surface area is 422 Å². The zero-order chi connectivity index (χ0) is 61.2. The fourth-order valence-corrected chi connectivity index (χ4v) is 8.40. The molecule has 4 heteroatoms. The molecular formula is C63H71N3O. The molecule has 0 atom stereocenters. The lowest BCUT2D eigenvalue weighted by Crippen LogP contribution is -2.17. The molecule has 0 aliphatic heterocycles. The first-order chi connectivity index (χ1) is 37.6. The Morgan fingerprint density at radius 1 is 0.552 bits per heavy atom. The summed E-state index contributed by atoms with van der Waals surface area (Å²) in [4.78, 5) is 10.1. The number of phenols is 1. The van der Waals surface area contributed by atoms with Crippen LogP contribution in [0, 0.1) is 0 Å². The fourth-order valence-electron chi connectivity index (χ4n) is 8.40. The standard InChI is InChI=1S/C63H71N3O/c1-16-63(14,15)46-29-30-54(50(37-46)41-21-18-17-19-22-41)66-55-24-20-23-49(56(55)65-58(66)51-38-48(61(8,9)10)39-52(57(51)67)62(11,12)13)43-33-44(35-47(34-43)60(5,6)7)53-36-42(31-32-64-53)40-25-27-45(28-26-40)59(2,3)4/h17-39,67H,16H2,1-15H3/i2D3,3D3,4D3,25D,27D,28D,31D,32D,36D. The van der Waals surface area contributed by atoms with Crippen LogP contribution in [0.1, 0.15) is 158 Å². The van der Waals surface area contributed by atoms with Gasteiger partial charge in [0.2, 0.25) is 0 Å². The van der Waals surface area contributed by atoms with E-state index in [-0.39, 0.29) is 22.3 Å². The zero-order valence-corrected chi connectivity index (χ0v) is 40.8. The van der Waals surface area contributed by atoms with Crippen molar-refractivity contribution >= 4 is 11.0 Å². The molecule has 0 unspecified atom stereocenters. The SMILES string of the molecule is [2H]c1cc(-c2c([2H])c([2H])nc(-c3cc(-c4cccc5c4nc(-c4cc(C(C)(C)C)cc(C(C)(C)C)c4O)n5-c4ccc(C(C)(C)CC)cc4-c4ccccc4)cc(C(C)(C)C)c3)c2[2H])c([2H])c([2H])c1C(C([2H])([2H])[2H])(C([2H])([2H])[2H])C([2H])([2H])[2H]. The predicted molar refractivity (Wildman–Crippen MR) is 286 cm³/mol. The maximum Gasteiger partial charge on any atom is 0.149 e. The van der Waals surface area contributed by atoms with Gasteiger partial charge in [0.1, 0.15) is 11.6 Å². The number of para-hydroxylation sites is 1. The minimum atomic E-state index is -3.83. The summed E-state index contributed by atoms with van der Waals surface area (Å²) in [5.74, 6) is 0.586. The number of hydrogen-bond acceptors (Lipinski definition) is 3. The second-order valence-corrected chi connectivity index (χ2v) is 21.5. The summed E-state index contributed by atoms with van der Waals surface area (Å²) in [5, 5.41) is 12.7. The molecule has 0 saturated carbocycles. The van der Waals surface area contributed by atoms with Crippen LogP contribution in [0.5, 0.6) is 5.75 Å². The van der Waals surface area contributed by atoms with E-state index >= 15 is 0 Å². The topological polar surface area (TPSA) is 50.9 Å². The number of aromatic hydroxyl groups is 1. The summed E-state index contributed by atoms with van der Waals surface area (Å²) in [6, 6.07) is 28.8. The van der Waals surface area contributed by atoms with Gasteiger partial charge in [-0.1, -0.05) is 188 Å². The third-order valence-corrected chi connectivity index (χ3v) is 13.0. The average molecular weight is 901 g/mol. The highest BCUT2D eigenvalue weighted by molar-refractivity contribution is 5.98. The van der Waals surface area contributed by atoms with Crippen LogP contribution in [-0.4, -0.2) is 19.6 Å². The van der Waals surface area contributed by atoms with Gasteiger partial charge >= 0.3 is 0 Å². The lowest BCUT2D eigenvalue weighted by molar-refractivity contribution is 0.446. The molecule has 4 nitrogen and oxygen atoms in total. The van der Waals surface area contributed by atoms with Gasteiger partial charge in [-0.15, -0.1) is 0 Å². The molecule has 0 aliphatic rings. The Bertz CT molecular complexity index is 3780. The van der Waals surface area contributed by atoms with E-state index in [0.717, 1.165) is 51.6 Å². The Balaban J connectivity index is 1.46. The van der Waals surface area contributed by atoms with Crippen LogP contribution in [0.25, 0.3) is 72.7 Å². The van der Waals surface area contributed by atoms with Crippen molar-refractivity contribution in [1.82, 2.24) is 14.5 Å². The quantitative estimate of drug-likeness (QED) is 0.165. The van der Waals surface area contributed by atoms with Gasteiger partial charge in [-0.3, -0.25) is 9.55 Å². The number of nitrogens with zero attached hydrogens (tertiary/aromatic N) is 3. The van der Waals surface area contributed by atoms with Crippen LogP contribution in [0.15, 0.2) is 140 Å². The van der Waals surface area contributed by atoms with E-state index in [1.165, 1.54) is 0 Å². The van der Waals surface area contributed by atoms with Crippen molar-refractivity contribution in [3.8, 4) is 67.5 Å². The van der Waals surface area contributed by atoms with Gasteiger partial charge in [-0.25, -0.2) is 4.98 Å². The molecule has 1 N–H and O–H groups in total. The summed E-state index contributed by atoms with van der Waals surface area (Å²) >= 11 is 0. The molecule has 0 spiro atoms. The van der Waals surface area contributed by atoms with Gasteiger partial charge in [0.15, 0.2) is 0 Å². The van der Waals surface area contributed by atoms with Crippen molar-refractivity contribution in [2.24, 2.45) is 0 Å². The van der Waals surface area contributed by atoms with Crippen molar-refractivity contribution in [1.29, 1.82) is 0 Å². The van der Waals surface area contributed by atoms with Crippen molar-refractivity contribution in [3.63, 3.8) is 0 Å². The highest BCUT2D eigenvalue weighted by Gasteiger charge is 2.30. The molecule has 2 aromatic heterocycles. The van der Waals surface area contributed by atoms with Crippen molar-refractivity contribution in [3.05, 3.63) is 167 Å². The molecule has 2 heterocycles. The zero-order valence-electron chi connectivity index (χ0n) is 55.8. The van der Waals surface area contributed by atoms with E-state index in [1.54, 1.807) is 6.07 Å². The summed E-state index contributed by atoms with van der Waals surface area (Å²) < 4.78 is 132. The lowest BCUT2D eigenvalue weighted by Gasteiger charge is -2.28. The van der Waals surface area contributed by atoms with Gasteiger partial charge in [0.25, 0.3) is 0 Å². The first-order valence-electron chi connectivity index (χ1n) is 30.5. The maximum atomic E-state index is 12.7. The first-order valence-corrected chi connectivity index (χ1v) is 23.0. The molecule has 0 saturated heterocycles. The van der Waals surface area contributed by atoms with Crippen LogP contribution >= 0.6 is 0 Å². The van der Waals surface area contributed by atoms with Crippen LogP contribution in [0.3, 0.4) is 0 Å². The van der Waals surface area contributed by atoms with Crippen molar-refractivity contribution in [2.45, 2.75) is 137 Å². The lowest BCUT2D eigenvalue weighted by atomic mass is 9.78. The number of pyridine rings is 1. The van der Waals surface area contributed by atoms with Crippen LogP contribution in [0.4, 0.5) is 0 Å². The molecule has 0 bridgehead atoms. The number of benzene rings is 6. The predicted octanol–water partition coefficient (Wildman–Crippen LogP) is 17.3. The van der Waals surface area contributed by atoms with Crippen molar-refractivity contribution < 1.29 is 25.7 Å². The highest BCUT2D eigenvalue weighted by atomic mass is 16.3. The maximum absolute atomic E-state index is 12.7. The number of fused-ring (bicyclic) bond motifs is 1. The second-order valence-electron chi connectivity index (χ2n) is 21.5. The Morgan fingerprint density at radius 2 is 1.24 bits per heavy atom. The molecule has 0 amide bonds. The van der Waals surface area contributed by atoms with Gasteiger partial charge < -0.3 is 5.11 Å². The fraction of sp³-hybridized carbons (Fsp3) is 0.333. The number of phenolic OH excluding ortho intramolecular Hbond substituents is 1. The average Bonchev–Trinajstić information content (AvgIpc) is 1.97. The van der Waals surface area contributed by atoms with E-state index in [1.807, 2.05) is 75.4 Å². The van der Waals surface area contributed by atoms with E-state index in [9.17, 15) is 7.85 Å². The molecular weight excluding hydrogens is 815 g/mol. The van der Waals surface area contributed by atoms with Gasteiger partial charge in [0.05, 0.1) is 36.2 Å². The molecule has 8 rings (SSSR count).